The number of piperidine rings is 1. The first-order chi connectivity index (χ1) is 8.65. The molecule has 0 radical (unpaired) electrons. The first-order valence-electron chi connectivity index (χ1n) is 6.86. The summed E-state index contributed by atoms with van der Waals surface area (Å²) in [6, 6.07) is 7.93. The van der Waals surface area contributed by atoms with Gasteiger partial charge >= 0.3 is 0 Å². The van der Waals surface area contributed by atoms with Gasteiger partial charge in [0.05, 0.1) is 10.7 Å². The summed E-state index contributed by atoms with van der Waals surface area (Å²) in [4.78, 5) is 2.56. The lowest BCUT2D eigenvalue weighted by atomic mass is 9.92. The highest BCUT2D eigenvalue weighted by molar-refractivity contribution is 6.33. The number of nitrogens with one attached hydrogen (secondary N) is 1. The Morgan fingerprint density at radius 2 is 1.89 bits per heavy atom. The molecule has 1 N–H and O–H groups in total. The van der Waals surface area contributed by atoms with Gasteiger partial charge in [-0.15, -0.1) is 0 Å². The third-order valence-electron chi connectivity index (χ3n) is 3.56. The van der Waals surface area contributed by atoms with Crippen LogP contribution in [-0.2, 0) is 0 Å². The Hall–Kier alpha value is -0.730. The molecule has 2 nitrogen and oxygen atoms in total. The lowest BCUT2D eigenvalue weighted by molar-refractivity contribution is 0.146. The first-order valence-corrected chi connectivity index (χ1v) is 7.23. The summed E-state index contributed by atoms with van der Waals surface area (Å²) in [5.74, 6) is 1.66. The summed E-state index contributed by atoms with van der Waals surface area (Å²) in [6.45, 7) is 9.22. The van der Waals surface area contributed by atoms with Gasteiger partial charge in [0.1, 0.15) is 0 Å². The molecule has 1 saturated heterocycles. The van der Waals surface area contributed by atoms with Gasteiger partial charge in [-0.2, -0.15) is 0 Å². The summed E-state index contributed by atoms with van der Waals surface area (Å²) in [5, 5.41) is 4.22. The number of para-hydroxylation sites is 1. The van der Waals surface area contributed by atoms with Gasteiger partial charge < -0.3 is 10.2 Å². The summed E-state index contributed by atoms with van der Waals surface area (Å²) in [6.07, 6.45) is 1.37. The van der Waals surface area contributed by atoms with Crippen LogP contribution in [0.5, 0.6) is 0 Å². The molecule has 100 valence electrons. The topological polar surface area (TPSA) is 15.3 Å². The fourth-order valence-corrected chi connectivity index (χ4v) is 3.13. The minimum absolute atomic E-state index is 0.804. The number of nitrogens with zero attached hydrogens (tertiary/aromatic N) is 1. The normalized spacial score (nSPS) is 25.1. The first kappa shape index (κ1) is 13.7. The van der Waals surface area contributed by atoms with E-state index in [1.807, 2.05) is 24.3 Å². The van der Waals surface area contributed by atoms with Crippen molar-refractivity contribution in [2.45, 2.75) is 20.3 Å². The summed E-state index contributed by atoms with van der Waals surface area (Å²) < 4.78 is 0. The highest BCUT2D eigenvalue weighted by Gasteiger charge is 2.20. The van der Waals surface area contributed by atoms with E-state index in [4.69, 9.17) is 11.6 Å². The Morgan fingerprint density at radius 1 is 1.22 bits per heavy atom. The molecular weight excluding hydrogens is 244 g/mol. The third kappa shape index (κ3) is 3.89. The van der Waals surface area contributed by atoms with Crippen LogP contribution in [0.3, 0.4) is 0 Å². The molecule has 1 aromatic carbocycles. The van der Waals surface area contributed by atoms with Crippen molar-refractivity contribution < 1.29 is 0 Å². The molecule has 2 atom stereocenters. The van der Waals surface area contributed by atoms with E-state index < -0.39 is 0 Å². The summed E-state index contributed by atoms with van der Waals surface area (Å²) in [7, 11) is 0. The van der Waals surface area contributed by atoms with Crippen molar-refractivity contribution in [3.63, 3.8) is 0 Å². The average molecular weight is 267 g/mol. The zero-order valence-electron chi connectivity index (χ0n) is 11.3. The molecule has 0 spiro atoms. The molecule has 0 saturated carbocycles. The van der Waals surface area contributed by atoms with Gasteiger partial charge in [-0.05, 0) is 30.4 Å². The Balaban J connectivity index is 1.77. The zero-order valence-corrected chi connectivity index (χ0v) is 12.1. The van der Waals surface area contributed by atoms with Crippen LogP contribution in [0.2, 0.25) is 5.02 Å². The van der Waals surface area contributed by atoms with Gasteiger partial charge in [-0.1, -0.05) is 37.6 Å². The zero-order chi connectivity index (χ0) is 13.0. The number of hydrogen-bond acceptors (Lipinski definition) is 2. The molecule has 1 heterocycles. The number of benzene rings is 1. The molecule has 1 fully saturated rings. The van der Waals surface area contributed by atoms with E-state index >= 15 is 0 Å². The Bertz CT molecular complexity index is 371. The number of likely N-dealkylation sites (tertiary alicyclic amines) is 1. The van der Waals surface area contributed by atoms with E-state index in [0.29, 0.717) is 0 Å². The van der Waals surface area contributed by atoms with E-state index in [2.05, 4.69) is 24.1 Å². The third-order valence-corrected chi connectivity index (χ3v) is 3.89. The highest BCUT2D eigenvalue weighted by atomic mass is 35.5. The van der Waals surface area contributed by atoms with Crippen LogP contribution in [0.25, 0.3) is 0 Å². The van der Waals surface area contributed by atoms with Crippen molar-refractivity contribution >= 4 is 17.3 Å². The van der Waals surface area contributed by atoms with E-state index in [0.717, 1.165) is 35.6 Å². The maximum Gasteiger partial charge on any atom is 0.0637 e. The minimum Gasteiger partial charge on any atom is -0.383 e. The highest BCUT2D eigenvalue weighted by Crippen LogP contribution is 2.22. The molecule has 0 amide bonds. The fraction of sp³-hybridized carbons (Fsp3) is 0.600. The molecule has 1 aliphatic rings. The monoisotopic (exact) mass is 266 g/mol. The van der Waals surface area contributed by atoms with E-state index in [1.54, 1.807) is 0 Å². The molecule has 1 aromatic rings. The SMILES string of the molecule is CC1CC(C)CN(CCNc2ccccc2Cl)C1. The smallest absolute Gasteiger partial charge is 0.0637 e. The predicted octanol–water partition coefficient (Wildman–Crippen LogP) is 3.73. The van der Waals surface area contributed by atoms with Crippen LogP contribution >= 0.6 is 11.6 Å². The summed E-state index contributed by atoms with van der Waals surface area (Å²) >= 11 is 6.12. The van der Waals surface area contributed by atoms with Crippen molar-refractivity contribution in [1.82, 2.24) is 4.90 Å². The van der Waals surface area contributed by atoms with Crippen LogP contribution in [0.4, 0.5) is 5.69 Å². The van der Waals surface area contributed by atoms with E-state index in [-0.39, 0.29) is 0 Å². The largest absolute Gasteiger partial charge is 0.383 e. The van der Waals surface area contributed by atoms with Crippen molar-refractivity contribution in [2.75, 3.05) is 31.5 Å². The summed E-state index contributed by atoms with van der Waals surface area (Å²) in [5.41, 5.74) is 1.04. The predicted molar refractivity (Wildman–Crippen MR) is 79.3 cm³/mol. The van der Waals surface area contributed by atoms with Crippen LogP contribution in [0, 0.1) is 11.8 Å². The molecular formula is C15H23ClN2. The van der Waals surface area contributed by atoms with Gasteiger partial charge in [0.2, 0.25) is 0 Å². The second-order valence-corrected chi connectivity index (χ2v) is 6.02. The molecule has 18 heavy (non-hydrogen) atoms. The van der Waals surface area contributed by atoms with Crippen molar-refractivity contribution in [3.05, 3.63) is 29.3 Å². The van der Waals surface area contributed by atoms with Crippen LogP contribution in [0.15, 0.2) is 24.3 Å². The van der Waals surface area contributed by atoms with E-state index in [1.165, 1.54) is 19.5 Å². The average Bonchev–Trinajstić information content (AvgIpc) is 2.30. The number of halogens is 1. The Labute approximate surface area is 115 Å². The van der Waals surface area contributed by atoms with Crippen molar-refractivity contribution in [2.24, 2.45) is 11.8 Å². The Morgan fingerprint density at radius 3 is 2.56 bits per heavy atom. The maximum atomic E-state index is 6.12. The Kier molecular flexibility index (Phi) is 4.90. The second-order valence-electron chi connectivity index (χ2n) is 5.61. The fourth-order valence-electron chi connectivity index (χ4n) is 2.93. The standard InChI is InChI=1S/C15H23ClN2/c1-12-9-13(2)11-18(10-12)8-7-17-15-6-4-3-5-14(15)16/h3-6,12-13,17H,7-11H2,1-2H3. The van der Waals surface area contributed by atoms with E-state index in [9.17, 15) is 0 Å². The number of hydrogen-bond donors (Lipinski definition) is 1. The molecule has 0 aliphatic carbocycles. The van der Waals surface area contributed by atoms with Gasteiger partial charge in [0.15, 0.2) is 0 Å². The minimum atomic E-state index is 0.804. The van der Waals surface area contributed by atoms with Gasteiger partial charge in [0, 0.05) is 26.2 Å². The second kappa shape index (κ2) is 6.44. The van der Waals surface area contributed by atoms with Gasteiger partial charge in [-0.3, -0.25) is 0 Å². The lowest BCUT2D eigenvalue weighted by Crippen LogP contribution is -2.41. The number of rotatable bonds is 4. The molecule has 0 bridgehead atoms. The van der Waals surface area contributed by atoms with Crippen molar-refractivity contribution in [3.8, 4) is 0 Å². The quantitative estimate of drug-likeness (QED) is 0.893. The molecule has 0 aromatic heterocycles. The van der Waals surface area contributed by atoms with Gasteiger partial charge in [0.25, 0.3) is 0 Å². The van der Waals surface area contributed by atoms with Crippen molar-refractivity contribution in [1.29, 1.82) is 0 Å². The molecule has 2 rings (SSSR count). The molecule has 3 heteroatoms. The number of anilines is 1. The maximum absolute atomic E-state index is 6.12. The molecule has 2 unspecified atom stereocenters. The van der Waals surface area contributed by atoms with Crippen LogP contribution < -0.4 is 5.32 Å². The lowest BCUT2D eigenvalue weighted by Gasteiger charge is -2.35. The van der Waals surface area contributed by atoms with Gasteiger partial charge in [-0.25, -0.2) is 0 Å². The van der Waals surface area contributed by atoms with Crippen LogP contribution in [0.1, 0.15) is 20.3 Å². The molecule has 1 aliphatic heterocycles. The van der Waals surface area contributed by atoms with Crippen LogP contribution in [-0.4, -0.2) is 31.1 Å².